The molecule has 0 aliphatic heterocycles. The molecule has 1 atom stereocenters. The fourth-order valence-electron chi connectivity index (χ4n) is 2.64. The van der Waals surface area contributed by atoms with E-state index in [1.165, 1.54) is 12.8 Å². The summed E-state index contributed by atoms with van der Waals surface area (Å²) in [4.78, 5) is 12.0. The normalized spacial score (nSPS) is 14.3. The highest BCUT2D eigenvalue weighted by molar-refractivity contribution is 5.85. The number of carbonyl (C=O) groups is 1. The van der Waals surface area contributed by atoms with E-state index >= 15 is 0 Å². The second-order valence-electron chi connectivity index (χ2n) is 6.65. The van der Waals surface area contributed by atoms with E-state index in [1.54, 1.807) is 0 Å². The van der Waals surface area contributed by atoms with Crippen molar-refractivity contribution in [2.75, 3.05) is 0 Å². The molecule has 0 bridgehead atoms. The van der Waals surface area contributed by atoms with Crippen LogP contribution in [0.4, 0.5) is 0 Å². The summed E-state index contributed by atoms with van der Waals surface area (Å²) in [7, 11) is 0. The van der Waals surface area contributed by atoms with Gasteiger partial charge in [0.05, 0.1) is 6.10 Å². The minimum absolute atomic E-state index is 0.0408. The zero-order valence-corrected chi connectivity index (χ0v) is 14.9. The number of hydrogen-bond acceptors (Lipinski definition) is 2. The average molecular weight is 332 g/mol. The van der Waals surface area contributed by atoms with Crippen molar-refractivity contribution in [3.63, 3.8) is 0 Å². The summed E-state index contributed by atoms with van der Waals surface area (Å²) in [6.45, 7) is 4.01. The Balaban J connectivity index is 1.63. The van der Waals surface area contributed by atoms with Gasteiger partial charge in [-0.2, -0.15) is 0 Å². The van der Waals surface area contributed by atoms with Gasteiger partial charge < -0.3 is 4.74 Å². The maximum Gasteiger partial charge on any atom is 0.140 e. The number of benzene rings is 2. The van der Waals surface area contributed by atoms with Gasteiger partial charge in [-0.05, 0) is 61.2 Å². The Kier molecular flexibility index (Phi) is 5.56. The van der Waals surface area contributed by atoms with Crippen LogP contribution in [0.1, 0.15) is 62.1 Å². The van der Waals surface area contributed by atoms with E-state index in [2.05, 4.69) is 11.8 Å². The first-order valence-electron chi connectivity index (χ1n) is 9.07. The quantitative estimate of drug-likeness (QED) is 0.688. The Hall–Kier alpha value is -2.53. The molecule has 0 saturated heterocycles. The second-order valence-corrected chi connectivity index (χ2v) is 6.65. The summed E-state index contributed by atoms with van der Waals surface area (Å²) in [5, 5.41) is 0. The number of rotatable bonds is 6. The van der Waals surface area contributed by atoms with Crippen molar-refractivity contribution in [3.05, 3.63) is 65.2 Å². The van der Waals surface area contributed by atoms with E-state index in [-0.39, 0.29) is 5.92 Å². The molecule has 0 amide bonds. The minimum Gasteiger partial charge on any atom is -0.490 e. The van der Waals surface area contributed by atoms with Gasteiger partial charge in [0.2, 0.25) is 0 Å². The van der Waals surface area contributed by atoms with Crippen LogP contribution in [0.3, 0.4) is 0 Å². The third kappa shape index (κ3) is 4.97. The molecule has 2 aromatic carbocycles. The van der Waals surface area contributed by atoms with Crippen LogP contribution < -0.4 is 4.74 Å². The molecule has 1 unspecified atom stereocenters. The average Bonchev–Trinajstić information content (AvgIpc) is 3.45. The molecule has 2 nitrogen and oxygen atoms in total. The van der Waals surface area contributed by atoms with Gasteiger partial charge in [-0.1, -0.05) is 37.8 Å². The Morgan fingerprint density at radius 3 is 2.12 bits per heavy atom. The van der Waals surface area contributed by atoms with Crippen LogP contribution in [0, 0.1) is 11.8 Å². The molecule has 25 heavy (non-hydrogen) atoms. The molecular formula is C23H24O2. The van der Waals surface area contributed by atoms with Crippen molar-refractivity contribution in [3.8, 4) is 17.6 Å². The molecule has 2 aromatic rings. The molecule has 128 valence electrons. The number of carbonyl (C=O) groups excluding carboxylic acids is 1. The fourth-order valence-corrected chi connectivity index (χ4v) is 2.64. The topological polar surface area (TPSA) is 26.3 Å². The molecular weight excluding hydrogens is 308 g/mol. The molecule has 0 radical (unpaired) electrons. The van der Waals surface area contributed by atoms with Crippen LogP contribution >= 0.6 is 0 Å². The third-order valence-corrected chi connectivity index (χ3v) is 4.42. The van der Waals surface area contributed by atoms with E-state index in [0.717, 1.165) is 28.9 Å². The predicted molar refractivity (Wildman–Crippen MR) is 101 cm³/mol. The van der Waals surface area contributed by atoms with Crippen molar-refractivity contribution < 1.29 is 9.53 Å². The third-order valence-electron chi connectivity index (χ3n) is 4.42. The summed E-state index contributed by atoms with van der Waals surface area (Å²) in [5.74, 6) is 7.53. The number of ketones is 1. The smallest absolute Gasteiger partial charge is 0.140 e. The van der Waals surface area contributed by atoms with E-state index in [9.17, 15) is 4.79 Å². The maximum atomic E-state index is 12.0. The van der Waals surface area contributed by atoms with Crippen LogP contribution in [-0.4, -0.2) is 11.9 Å². The van der Waals surface area contributed by atoms with Gasteiger partial charge in [0.1, 0.15) is 11.5 Å². The van der Waals surface area contributed by atoms with Crippen LogP contribution in [0.15, 0.2) is 48.5 Å². The van der Waals surface area contributed by atoms with Gasteiger partial charge >= 0.3 is 0 Å². The SMILES string of the molecule is CCCC(=O)C(C)c1ccc(C#Cc2ccc(OC3CC3)cc2)cc1. The summed E-state index contributed by atoms with van der Waals surface area (Å²) >= 11 is 0. The Morgan fingerprint density at radius 2 is 1.60 bits per heavy atom. The van der Waals surface area contributed by atoms with E-state index in [0.29, 0.717) is 18.3 Å². The zero-order valence-electron chi connectivity index (χ0n) is 14.9. The summed E-state index contributed by atoms with van der Waals surface area (Å²) in [6.07, 6.45) is 4.29. The zero-order chi connectivity index (χ0) is 17.6. The highest BCUT2D eigenvalue weighted by atomic mass is 16.5. The molecule has 0 spiro atoms. The molecule has 3 rings (SSSR count). The lowest BCUT2D eigenvalue weighted by Gasteiger charge is -2.10. The van der Waals surface area contributed by atoms with Crippen LogP contribution in [0.5, 0.6) is 5.75 Å². The molecule has 0 heterocycles. The molecule has 0 aromatic heterocycles. The van der Waals surface area contributed by atoms with Gasteiger partial charge in [0.25, 0.3) is 0 Å². The lowest BCUT2D eigenvalue weighted by molar-refractivity contribution is -0.120. The standard InChI is InChI=1S/C23H24O2/c1-3-4-23(24)17(2)20-11-7-18(8-12-20)5-6-19-9-13-21(14-10-19)25-22-15-16-22/h7-14,17,22H,3-4,15-16H2,1-2H3. The second kappa shape index (κ2) is 8.03. The predicted octanol–water partition coefficient (Wildman–Crippen LogP) is 5.10. The fraction of sp³-hybridized carbons (Fsp3) is 0.348. The monoisotopic (exact) mass is 332 g/mol. The van der Waals surface area contributed by atoms with Crippen LogP contribution in [0.25, 0.3) is 0 Å². The molecule has 1 fully saturated rings. The number of Topliss-reactive ketones (excluding diaryl/α,β-unsaturated/α-hetero) is 1. The van der Waals surface area contributed by atoms with Crippen molar-refractivity contribution in [2.45, 2.75) is 51.6 Å². The van der Waals surface area contributed by atoms with Crippen LogP contribution in [0.2, 0.25) is 0 Å². The van der Waals surface area contributed by atoms with Crippen molar-refractivity contribution in [1.29, 1.82) is 0 Å². The maximum absolute atomic E-state index is 12.0. The Bertz CT molecular complexity index is 772. The number of ether oxygens (including phenoxy) is 1. The van der Waals surface area contributed by atoms with Crippen molar-refractivity contribution in [1.82, 2.24) is 0 Å². The molecule has 1 aliphatic carbocycles. The van der Waals surface area contributed by atoms with E-state index in [4.69, 9.17) is 4.74 Å². The van der Waals surface area contributed by atoms with E-state index < -0.39 is 0 Å². The largest absolute Gasteiger partial charge is 0.490 e. The number of hydrogen-bond donors (Lipinski definition) is 0. The first-order valence-corrected chi connectivity index (χ1v) is 9.07. The molecule has 1 aliphatic rings. The highest BCUT2D eigenvalue weighted by Crippen LogP contribution is 2.26. The van der Waals surface area contributed by atoms with Gasteiger partial charge in [-0.15, -0.1) is 0 Å². The minimum atomic E-state index is -0.0408. The van der Waals surface area contributed by atoms with Crippen molar-refractivity contribution in [2.24, 2.45) is 0 Å². The Morgan fingerprint density at radius 1 is 1.04 bits per heavy atom. The summed E-state index contributed by atoms with van der Waals surface area (Å²) < 4.78 is 5.74. The van der Waals surface area contributed by atoms with E-state index in [1.807, 2.05) is 62.4 Å². The lowest BCUT2D eigenvalue weighted by atomic mass is 9.93. The van der Waals surface area contributed by atoms with Gasteiger partial charge in [0.15, 0.2) is 0 Å². The van der Waals surface area contributed by atoms with Crippen LogP contribution in [-0.2, 0) is 4.79 Å². The molecule has 2 heteroatoms. The summed E-state index contributed by atoms with van der Waals surface area (Å²) in [6, 6.07) is 15.9. The first kappa shape index (κ1) is 17.3. The van der Waals surface area contributed by atoms with Crippen molar-refractivity contribution >= 4 is 5.78 Å². The highest BCUT2D eigenvalue weighted by Gasteiger charge is 2.23. The molecule has 0 N–H and O–H groups in total. The first-order chi connectivity index (χ1) is 12.2. The molecule has 1 saturated carbocycles. The van der Waals surface area contributed by atoms with Gasteiger partial charge in [0, 0.05) is 23.5 Å². The van der Waals surface area contributed by atoms with Gasteiger partial charge in [-0.3, -0.25) is 4.79 Å². The Labute approximate surface area is 150 Å². The van der Waals surface area contributed by atoms with Gasteiger partial charge in [-0.25, -0.2) is 0 Å². The lowest BCUT2D eigenvalue weighted by Crippen LogP contribution is -2.08. The summed E-state index contributed by atoms with van der Waals surface area (Å²) in [5.41, 5.74) is 2.99.